The van der Waals surface area contributed by atoms with Crippen LogP contribution in [0, 0.1) is 0 Å². The molecular formula is C11H10BrNO3S. The minimum Gasteiger partial charge on any atom is -0.462 e. The third-order valence-corrected chi connectivity index (χ3v) is 4.70. The van der Waals surface area contributed by atoms with Gasteiger partial charge in [-0.1, -0.05) is 0 Å². The molecule has 0 fully saturated rings. The number of hydrogen-bond acceptors (Lipinski definition) is 4. The van der Waals surface area contributed by atoms with Crippen LogP contribution in [0.2, 0.25) is 0 Å². The zero-order valence-corrected chi connectivity index (χ0v) is 11.7. The average molecular weight is 316 g/mol. The minimum atomic E-state index is -0.368. The molecule has 6 heteroatoms. The van der Waals surface area contributed by atoms with Gasteiger partial charge in [0.1, 0.15) is 9.71 Å². The van der Waals surface area contributed by atoms with Crippen LogP contribution in [0.15, 0.2) is 21.4 Å². The summed E-state index contributed by atoms with van der Waals surface area (Å²) in [7, 11) is 1.68. The first-order valence-corrected chi connectivity index (χ1v) is 6.62. The third kappa shape index (κ3) is 2.02. The lowest BCUT2D eigenvalue weighted by molar-refractivity contribution is 0.0531. The minimum absolute atomic E-state index is 0.0957. The van der Waals surface area contributed by atoms with E-state index >= 15 is 0 Å². The zero-order valence-electron chi connectivity index (χ0n) is 9.32. The Morgan fingerprint density at radius 1 is 1.53 bits per heavy atom. The van der Waals surface area contributed by atoms with Gasteiger partial charge in [-0.05, 0) is 28.9 Å². The summed E-state index contributed by atoms with van der Waals surface area (Å²) >= 11 is 4.63. The van der Waals surface area contributed by atoms with Gasteiger partial charge in [-0.25, -0.2) is 4.79 Å². The standard InChI is InChI=1S/C11H10BrNO3S/c1-3-16-11(15)9-8(12)6-4-5-7(14)13(2)10(6)17-9/h4-5H,3H2,1-2H3. The van der Waals surface area contributed by atoms with Gasteiger partial charge in [0.25, 0.3) is 5.56 Å². The van der Waals surface area contributed by atoms with Gasteiger partial charge in [-0.15, -0.1) is 11.3 Å². The van der Waals surface area contributed by atoms with Crippen LogP contribution >= 0.6 is 27.3 Å². The lowest BCUT2D eigenvalue weighted by atomic mass is 10.3. The maximum absolute atomic E-state index is 11.7. The maximum Gasteiger partial charge on any atom is 0.349 e. The van der Waals surface area contributed by atoms with Crippen LogP contribution in [-0.2, 0) is 11.8 Å². The van der Waals surface area contributed by atoms with E-state index in [4.69, 9.17) is 4.74 Å². The van der Waals surface area contributed by atoms with Gasteiger partial charge in [0.15, 0.2) is 0 Å². The van der Waals surface area contributed by atoms with Gasteiger partial charge in [-0.2, -0.15) is 0 Å². The fourth-order valence-electron chi connectivity index (χ4n) is 1.50. The van der Waals surface area contributed by atoms with Crippen molar-refractivity contribution in [1.82, 2.24) is 4.57 Å². The predicted molar refractivity (Wildman–Crippen MR) is 70.7 cm³/mol. The molecule has 90 valence electrons. The number of carbonyl (C=O) groups excluding carboxylic acids is 1. The summed E-state index contributed by atoms with van der Waals surface area (Å²) in [6.07, 6.45) is 0. The van der Waals surface area contributed by atoms with Gasteiger partial charge in [0.2, 0.25) is 0 Å². The second kappa shape index (κ2) is 4.62. The summed E-state index contributed by atoms with van der Waals surface area (Å²) in [5.74, 6) is -0.368. The highest BCUT2D eigenvalue weighted by atomic mass is 79.9. The first-order chi connectivity index (χ1) is 8.06. The number of pyridine rings is 1. The molecule has 0 aliphatic heterocycles. The summed E-state index contributed by atoms with van der Waals surface area (Å²) < 4.78 is 7.17. The van der Waals surface area contributed by atoms with Crippen molar-refractivity contribution < 1.29 is 9.53 Å². The Morgan fingerprint density at radius 3 is 2.88 bits per heavy atom. The molecule has 0 saturated heterocycles. The molecule has 0 amide bonds. The van der Waals surface area contributed by atoms with Crippen molar-refractivity contribution in [3.63, 3.8) is 0 Å². The number of halogens is 1. The Balaban J connectivity index is 2.68. The van der Waals surface area contributed by atoms with E-state index in [-0.39, 0.29) is 11.5 Å². The topological polar surface area (TPSA) is 48.3 Å². The van der Waals surface area contributed by atoms with Crippen LogP contribution in [0.25, 0.3) is 10.2 Å². The molecule has 2 rings (SSSR count). The quantitative estimate of drug-likeness (QED) is 0.800. The number of aromatic nitrogens is 1. The fraction of sp³-hybridized carbons (Fsp3) is 0.273. The molecule has 0 atom stereocenters. The van der Waals surface area contributed by atoms with Crippen molar-refractivity contribution in [2.75, 3.05) is 6.61 Å². The van der Waals surface area contributed by atoms with E-state index in [9.17, 15) is 9.59 Å². The van der Waals surface area contributed by atoms with Crippen molar-refractivity contribution in [2.24, 2.45) is 7.05 Å². The largest absolute Gasteiger partial charge is 0.462 e. The Kier molecular flexibility index (Phi) is 3.35. The summed E-state index contributed by atoms with van der Waals surface area (Å²) in [6, 6.07) is 3.19. The number of carbonyl (C=O) groups is 1. The molecule has 0 aromatic carbocycles. The molecule has 2 heterocycles. The number of thiophene rings is 1. The number of esters is 1. The van der Waals surface area contributed by atoms with E-state index in [1.54, 1.807) is 20.0 Å². The molecular weight excluding hydrogens is 306 g/mol. The molecule has 2 aromatic heterocycles. The highest BCUT2D eigenvalue weighted by molar-refractivity contribution is 9.10. The third-order valence-electron chi connectivity index (χ3n) is 2.35. The lowest BCUT2D eigenvalue weighted by Crippen LogP contribution is -2.13. The van der Waals surface area contributed by atoms with Crippen molar-refractivity contribution in [1.29, 1.82) is 0 Å². The molecule has 17 heavy (non-hydrogen) atoms. The Bertz CT molecular complexity index is 644. The Labute approximate surface area is 110 Å². The zero-order chi connectivity index (χ0) is 12.6. The summed E-state index contributed by atoms with van der Waals surface area (Å²) in [4.78, 5) is 24.4. The number of rotatable bonds is 2. The Hall–Kier alpha value is -1.14. The van der Waals surface area contributed by atoms with E-state index < -0.39 is 0 Å². The van der Waals surface area contributed by atoms with E-state index in [0.29, 0.717) is 16.0 Å². The summed E-state index contributed by atoms with van der Waals surface area (Å²) in [5, 5.41) is 0.847. The second-order valence-electron chi connectivity index (χ2n) is 3.42. The Morgan fingerprint density at radius 2 is 2.24 bits per heavy atom. The number of nitrogens with zero attached hydrogens (tertiary/aromatic N) is 1. The van der Waals surface area contributed by atoms with Crippen LogP contribution < -0.4 is 5.56 Å². The van der Waals surface area contributed by atoms with E-state index in [1.165, 1.54) is 22.0 Å². The van der Waals surface area contributed by atoms with Gasteiger partial charge >= 0.3 is 5.97 Å². The summed E-state index contributed by atoms with van der Waals surface area (Å²) in [5.41, 5.74) is -0.0957. The average Bonchev–Trinajstić information content (AvgIpc) is 2.63. The number of ether oxygens (including phenoxy) is 1. The van der Waals surface area contributed by atoms with Gasteiger partial charge in [0.05, 0.1) is 11.1 Å². The molecule has 0 bridgehead atoms. The number of hydrogen-bond donors (Lipinski definition) is 0. The normalized spacial score (nSPS) is 10.8. The van der Waals surface area contributed by atoms with Gasteiger partial charge in [0, 0.05) is 18.5 Å². The lowest BCUT2D eigenvalue weighted by Gasteiger charge is -1.97. The number of aryl methyl sites for hydroxylation is 1. The molecule has 4 nitrogen and oxygen atoms in total. The van der Waals surface area contributed by atoms with Crippen LogP contribution in [0.4, 0.5) is 0 Å². The fourth-order valence-corrected chi connectivity index (χ4v) is 3.40. The molecule has 2 aromatic rings. The van der Waals surface area contributed by atoms with E-state index in [1.807, 2.05) is 0 Å². The monoisotopic (exact) mass is 315 g/mol. The van der Waals surface area contributed by atoms with E-state index in [0.717, 1.165) is 10.2 Å². The first kappa shape index (κ1) is 12.3. The van der Waals surface area contributed by atoms with Crippen LogP contribution in [-0.4, -0.2) is 17.1 Å². The van der Waals surface area contributed by atoms with Crippen molar-refractivity contribution in [3.05, 3.63) is 31.8 Å². The molecule has 0 saturated carbocycles. The first-order valence-electron chi connectivity index (χ1n) is 5.01. The second-order valence-corrected chi connectivity index (χ2v) is 5.21. The van der Waals surface area contributed by atoms with Crippen LogP contribution in [0.5, 0.6) is 0 Å². The predicted octanol–water partition coefficient (Wildman–Crippen LogP) is 2.54. The molecule has 0 unspecified atom stereocenters. The SMILES string of the molecule is CCOC(=O)c1sc2c(ccc(=O)n2C)c1Br. The molecule has 0 radical (unpaired) electrons. The van der Waals surface area contributed by atoms with E-state index in [2.05, 4.69) is 15.9 Å². The van der Waals surface area contributed by atoms with Gasteiger partial charge < -0.3 is 9.30 Å². The smallest absolute Gasteiger partial charge is 0.349 e. The van der Waals surface area contributed by atoms with Crippen molar-refractivity contribution in [3.8, 4) is 0 Å². The highest BCUT2D eigenvalue weighted by Crippen LogP contribution is 2.34. The molecule has 0 aliphatic rings. The van der Waals surface area contributed by atoms with Crippen molar-refractivity contribution in [2.45, 2.75) is 6.92 Å². The van der Waals surface area contributed by atoms with Crippen LogP contribution in [0.1, 0.15) is 16.6 Å². The highest BCUT2D eigenvalue weighted by Gasteiger charge is 2.19. The van der Waals surface area contributed by atoms with Gasteiger partial charge in [-0.3, -0.25) is 4.79 Å². The molecule has 0 spiro atoms. The molecule has 0 N–H and O–H groups in total. The maximum atomic E-state index is 11.7. The van der Waals surface area contributed by atoms with Crippen LogP contribution in [0.3, 0.4) is 0 Å². The summed E-state index contributed by atoms with van der Waals surface area (Å²) in [6.45, 7) is 2.09. The number of fused-ring (bicyclic) bond motifs is 1. The van der Waals surface area contributed by atoms with Crippen molar-refractivity contribution >= 4 is 43.5 Å². The molecule has 0 aliphatic carbocycles.